The first kappa shape index (κ1) is 15.6. The monoisotopic (exact) mass is 389 g/mol. The normalized spacial score (nSPS) is 10.3. The Morgan fingerprint density at radius 2 is 1.85 bits per heavy atom. The minimum atomic E-state index is 0.281. The Hall–Kier alpha value is -0.810. The molecule has 0 radical (unpaired) electrons. The molecule has 0 aliphatic carbocycles. The van der Waals surface area contributed by atoms with Gasteiger partial charge in [-0.2, -0.15) is 0 Å². The fourth-order valence-corrected chi connectivity index (χ4v) is 2.72. The maximum Gasteiger partial charge on any atom is 0.134 e. The molecule has 0 bridgehead atoms. The van der Waals surface area contributed by atoms with Crippen molar-refractivity contribution in [1.82, 2.24) is 0 Å². The minimum Gasteiger partial charge on any atom is -0.488 e. The van der Waals surface area contributed by atoms with Crippen LogP contribution < -0.4 is 10.5 Å². The lowest BCUT2D eigenvalue weighted by Crippen LogP contribution is -2.09. The van der Waals surface area contributed by atoms with Crippen LogP contribution in [0.1, 0.15) is 11.1 Å². The van der Waals surface area contributed by atoms with Crippen molar-refractivity contribution in [2.45, 2.75) is 6.61 Å². The average Bonchev–Trinajstić information content (AvgIpc) is 2.39. The molecular weight excluding hydrogens is 381 g/mol. The van der Waals surface area contributed by atoms with Crippen molar-refractivity contribution in [3.8, 4) is 5.75 Å². The predicted molar refractivity (Wildman–Crippen MR) is 90.8 cm³/mol. The fourth-order valence-electron chi connectivity index (χ4n) is 1.59. The summed E-state index contributed by atoms with van der Waals surface area (Å²) in [5.41, 5.74) is 7.10. The molecule has 2 rings (SSSR count). The van der Waals surface area contributed by atoms with Crippen LogP contribution in [0, 0.1) is 0 Å². The van der Waals surface area contributed by atoms with E-state index in [9.17, 15) is 0 Å². The molecule has 2 aromatic carbocycles. The van der Waals surface area contributed by atoms with Gasteiger partial charge in [-0.1, -0.05) is 41.5 Å². The summed E-state index contributed by atoms with van der Waals surface area (Å²) in [5.74, 6) is 0.668. The summed E-state index contributed by atoms with van der Waals surface area (Å²) in [7, 11) is 0. The molecule has 2 nitrogen and oxygen atoms in total. The minimum absolute atomic E-state index is 0.281. The Kier molecular flexibility index (Phi) is 5.27. The van der Waals surface area contributed by atoms with Crippen molar-refractivity contribution in [1.29, 1.82) is 0 Å². The van der Waals surface area contributed by atoms with Crippen molar-refractivity contribution in [2.75, 3.05) is 0 Å². The molecule has 0 heterocycles. The third kappa shape index (κ3) is 3.64. The summed E-state index contributed by atoms with van der Waals surface area (Å²) in [5, 5.41) is 1.15. The standard InChI is InChI=1S/C14H10BrCl2NOS/c15-10-6-8(14(18)20)4-5-13(10)19-7-9-11(16)2-1-3-12(9)17/h1-6H,7H2,(H2,18,20). The summed E-state index contributed by atoms with van der Waals surface area (Å²) in [6.45, 7) is 0.281. The lowest BCUT2D eigenvalue weighted by molar-refractivity contribution is 0.304. The van der Waals surface area contributed by atoms with E-state index in [4.69, 9.17) is 45.9 Å². The van der Waals surface area contributed by atoms with Gasteiger partial charge in [0, 0.05) is 21.2 Å². The van der Waals surface area contributed by atoms with Gasteiger partial charge in [-0.25, -0.2) is 0 Å². The first-order valence-corrected chi connectivity index (χ1v) is 7.60. The molecule has 2 aromatic rings. The molecule has 0 unspecified atom stereocenters. The van der Waals surface area contributed by atoms with Gasteiger partial charge >= 0.3 is 0 Å². The second kappa shape index (κ2) is 6.76. The summed E-state index contributed by atoms with van der Waals surface area (Å²) >= 11 is 20.5. The Morgan fingerprint density at radius 3 is 2.40 bits per heavy atom. The highest BCUT2D eigenvalue weighted by molar-refractivity contribution is 9.10. The molecule has 0 aromatic heterocycles. The number of hydrogen-bond acceptors (Lipinski definition) is 2. The zero-order valence-corrected chi connectivity index (χ0v) is 14.1. The number of thiocarbonyl (C=S) groups is 1. The van der Waals surface area contributed by atoms with Crippen molar-refractivity contribution in [2.24, 2.45) is 5.73 Å². The Labute approximate surface area is 141 Å². The van der Waals surface area contributed by atoms with E-state index in [-0.39, 0.29) is 6.61 Å². The molecule has 0 atom stereocenters. The number of ether oxygens (including phenoxy) is 1. The number of halogens is 3. The van der Waals surface area contributed by atoms with Crippen LogP contribution in [-0.2, 0) is 6.61 Å². The number of hydrogen-bond donors (Lipinski definition) is 1. The second-order valence-electron chi connectivity index (χ2n) is 4.00. The summed E-state index contributed by atoms with van der Waals surface area (Å²) in [6, 6.07) is 10.8. The highest BCUT2D eigenvalue weighted by atomic mass is 79.9. The second-order valence-corrected chi connectivity index (χ2v) is 6.11. The van der Waals surface area contributed by atoms with Gasteiger partial charge in [0.1, 0.15) is 17.3 Å². The molecule has 20 heavy (non-hydrogen) atoms. The summed E-state index contributed by atoms with van der Waals surface area (Å²) in [6.07, 6.45) is 0. The van der Waals surface area contributed by atoms with Crippen LogP contribution in [0.15, 0.2) is 40.9 Å². The Balaban J connectivity index is 2.17. The summed E-state index contributed by atoms with van der Waals surface area (Å²) < 4.78 is 6.49. The van der Waals surface area contributed by atoms with E-state index in [1.54, 1.807) is 30.3 Å². The van der Waals surface area contributed by atoms with Gasteiger partial charge in [-0.3, -0.25) is 0 Å². The predicted octanol–water partition coefficient (Wildman–Crippen LogP) is 4.97. The molecule has 6 heteroatoms. The van der Waals surface area contributed by atoms with Gasteiger partial charge in [-0.05, 0) is 46.3 Å². The maximum absolute atomic E-state index is 6.09. The third-order valence-electron chi connectivity index (χ3n) is 2.65. The molecule has 0 spiro atoms. The largest absolute Gasteiger partial charge is 0.488 e. The number of nitrogens with two attached hydrogens (primary N) is 1. The molecule has 0 amide bonds. The van der Waals surface area contributed by atoms with Crippen molar-refractivity contribution in [3.05, 3.63) is 62.0 Å². The van der Waals surface area contributed by atoms with Crippen LogP contribution in [0.5, 0.6) is 5.75 Å². The van der Waals surface area contributed by atoms with Crippen molar-refractivity contribution in [3.63, 3.8) is 0 Å². The van der Waals surface area contributed by atoms with Crippen LogP contribution >= 0.6 is 51.3 Å². The van der Waals surface area contributed by atoms with E-state index in [1.165, 1.54) is 0 Å². The van der Waals surface area contributed by atoms with Gasteiger partial charge in [0.25, 0.3) is 0 Å². The van der Waals surface area contributed by atoms with Crippen LogP contribution in [0.3, 0.4) is 0 Å². The van der Waals surface area contributed by atoms with E-state index in [0.717, 1.165) is 15.6 Å². The molecule has 0 aliphatic heterocycles. The van der Waals surface area contributed by atoms with E-state index < -0.39 is 0 Å². The third-order valence-corrected chi connectivity index (χ3v) is 4.21. The van der Waals surface area contributed by atoms with Gasteiger partial charge in [0.05, 0.1) is 4.47 Å². The topological polar surface area (TPSA) is 35.2 Å². The lowest BCUT2D eigenvalue weighted by atomic mass is 10.2. The Morgan fingerprint density at radius 1 is 1.20 bits per heavy atom. The van der Waals surface area contributed by atoms with Gasteiger partial charge in [-0.15, -0.1) is 0 Å². The zero-order chi connectivity index (χ0) is 14.7. The van der Waals surface area contributed by atoms with E-state index in [0.29, 0.717) is 20.8 Å². The molecule has 0 saturated carbocycles. The number of benzene rings is 2. The zero-order valence-electron chi connectivity index (χ0n) is 10.2. The average molecular weight is 391 g/mol. The van der Waals surface area contributed by atoms with Gasteiger partial charge in [0.2, 0.25) is 0 Å². The molecule has 0 saturated heterocycles. The molecule has 104 valence electrons. The Bertz CT molecular complexity index is 643. The highest BCUT2D eigenvalue weighted by Gasteiger charge is 2.09. The van der Waals surface area contributed by atoms with Crippen molar-refractivity contribution >= 4 is 56.3 Å². The van der Waals surface area contributed by atoms with E-state index in [1.807, 2.05) is 6.07 Å². The number of rotatable bonds is 4. The molecular formula is C14H10BrCl2NOS. The van der Waals surface area contributed by atoms with Gasteiger partial charge < -0.3 is 10.5 Å². The highest BCUT2D eigenvalue weighted by Crippen LogP contribution is 2.29. The molecule has 0 fully saturated rings. The first-order chi connectivity index (χ1) is 9.49. The fraction of sp³-hybridized carbons (Fsp3) is 0.0714. The van der Waals surface area contributed by atoms with Gasteiger partial charge in [0.15, 0.2) is 0 Å². The van der Waals surface area contributed by atoms with E-state index >= 15 is 0 Å². The maximum atomic E-state index is 6.09. The SMILES string of the molecule is NC(=S)c1ccc(OCc2c(Cl)cccc2Cl)c(Br)c1. The smallest absolute Gasteiger partial charge is 0.134 e. The molecule has 0 aliphatic rings. The van der Waals surface area contributed by atoms with Crippen molar-refractivity contribution < 1.29 is 4.74 Å². The van der Waals surface area contributed by atoms with Crippen LogP contribution in [0.2, 0.25) is 10.0 Å². The quantitative estimate of drug-likeness (QED) is 0.748. The van der Waals surface area contributed by atoms with E-state index in [2.05, 4.69) is 15.9 Å². The summed E-state index contributed by atoms with van der Waals surface area (Å²) in [4.78, 5) is 0.339. The first-order valence-electron chi connectivity index (χ1n) is 5.64. The molecule has 2 N–H and O–H groups in total. The lowest BCUT2D eigenvalue weighted by Gasteiger charge is -2.11. The van der Waals surface area contributed by atoms with Crippen LogP contribution in [-0.4, -0.2) is 4.99 Å². The van der Waals surface area contributed by atoms with Crippen LogP contribution in [0.4, 0.5) is 0 Å². The van der Waals surface area contributed by atoms with Crippen LogP contribution in [0.25, 0.3) is 0 Å².